The molecule has 1 fully saturated rings. The number of nitrogens with one attached hydrogen (secondary N) is 1. The van der Waals surface area contributed by atoms with Gasteiger partial charge in [-0.05, 0) is 30.4 Å². The number of aliphatic hydroxyl groups is 1. The molecule has 1 aliphatic heterocycles. The third-order valence-electron chi connectivity index (χ3n) is 2.95. The molecule has 2 N–H and O–H groups in total. The number of amides is 1. The minimum absolute atomic E-state index is 0.187. The second kappa shape index (κ2) is 5.25. The first-order chi connectivity index (χ1) is 9.22. The molecule has 1 atom stereocenters. The molecule has 8 heteroatoms. The number of thioether (sulfide) groups is 1. The molecule has 1 aromatic carbocycles. The van der Waals surface area contributed by atoms with E-state index >= 15 is 0 Å². The fourth-order valence-corrected chi connectivity index (χ4v) is 3.04. The zero-order chi connectivity index (χ0) is 15.0. The molecule has 0 bridgehead atoms. The van der Waals surface area contributed by atoms with Gasteiger partial charge in [0.05, 0.1) is 5.56 Å². The topological polar surface area (TPSA) is 49.3 Å². The molecule has 1 aromatic rings. The van der Waals surface area contributed by atoms with E-state index in [-0.39, 0.29) is 17.9 Å². The van der Waals surface area contributed by atoms with Gasteiger partial charge in [0.1, 0.15) is 5.82 Å². The first-order valence-corrected chi connectivity index (χ1v) is 6.86. The summed E-state index contributed by atoms with van der Waals surface area (Å²) in [7, 11) is 0. The van der Waals surface area contributed by atoms with Crippen molar-refractivity contribution in [2.75, 3.05) is 16.8 Å². The molecular formula is C12H11F4NO2S. The Morgan fingerprint density at radius 2 is 2.10 bits per heavy atom. The van der Waals surface area contributed by atoms with E-state index in [0.717, 1.165) is 6.07 Å². The fourth-order valence-electron chi connectivity index (χ4n) is 1.80. The van der Waals surface area contributed by atoms with Gasteiger partial charge < -0.3 is 10.4 Å². The lowest BCUT2D eigenvalue weighted by Gasteiger charge is -2.20. The lowest BCUT2D eigenvalue weighted by atomic mass is 10.0. The van der Waals surface area contributed by atoms with Crippen LogP contribution in [0.4, 0.5) is 23.2 Å². The SMILES string of the molecule is O=C(Nc1ccc(F)c(C(F)(F)F)c1)C1(O)CCSC1. The standard InChI is InChI=1S/C12H11F4NO2S/c13-9-2-1-7(5-8(9)12(14,15)16)17-10(18)11(19)3-4-20-6-11/h1-2,5,19H,3-4,6H2,(H,17,18). The summed E-state index contributed by atoms with van der Waals surface area (Å²) in [6, 6.07) is 2.17. The van der Waals surface area contributed by atoms with E-state index in [1.807, 2.05) is 0 Å². The van der Waals surface area contributed by atoms with Crippen LogP contribution in [-0.2, 0) is 11.0 Å². The van der Waals surface area contributed by atoms with Crippen LogP contribution in [0.2, 0.25) is 0 Å². The van der Waals surface area contributed by atoms with Crippen LogP contribution in [0.1, 0.15) is 12.0 Å². The van der Waals surface area contributed by atoms with Crippen molar-refractivity contribution in [3.05, 3.63) is 29.6 Å². The number of hydrogen-bond acceptors (Lipinski definition) is 3. The molecule has 0 radical (unpaired) electrons. The Hall–Kier alpha value is -1.28. The smallest absolute Gasteiger partial charge is 0.379 e. The third-order valence-corrected chi connectivity index (χ3v) is 4.13. The van der Waals surface area contributed by atoms with Gasteiger partial charge in [0.25, 0.3) is 5.91 Å². The van der Waals surface area contributed by atoms with Crippen LogP contribution in [-0.4, -0.2) is 28.1 Å². The van der Waals surface area contributed by atoms with E-state index in [1.54, 1.807) is 0 Å². The Balaban J connectivity index is 2.20. The number of carbonyl (C=O) groups is 1. The number of anilines is 1. The van der Waals surface area contributed by atoms with E-state index < -0.39 is 29.1 Å². The Morgan fingerprint density at radius 1 is 1.40 bits per heavy atom. The molecule has 1 heterocycles. The predicted octanol–water partition coefficient (Wildman–Crippen LogP) is 2.65. The van der Waals surface area contributed by atoms with Crippen molar-refractivity contribution in [3.63, 3.8) is 0 Å². The van der Waals surface area contributed by atoms with Crippen LogP contribution < -0.4 is 5.32 Å². The molecule has 0 spiro atoms. The van der Waals surface area contributed by atoms with Gasteiger partial charge >= 0.3 is 6.18 Å². The molecular weight excluding hydrogens is 298 g/mol. The molecule has 110 valence electrons. The highest BCUT2D eigenvalue weighted by molar-refractivity contribution is 7.99. The van der Waals surface area contributed by atoms with Crippen LogP contribution in [0.25, 0.3) is 0 Å². The fraction of sp³-hybridized carbons (Fsp3) is 0.417. The van der Waals surface area contributed by atoms with Crippen molar-refractivity contribution in [2.45, 2.75) is 18.2 Å². The lowest BCUT2D eigenvalue weighted by molar-refractivity contribution is -0.140. The zero-order valence-corrected chi connectivity index (χ0v) is 10.9. The van der Waals surface area contributed by atoms with E-state index in [0.29, 0.717) is 17.9 Å². The zero-order valence-electron chi connectivity index (χ0n) is 10.1. The van der Waals surface area contributed by atoms with Crippen molar-refractivity contribution >= 4 is 23.4 Å². The Labute approximate surface area is 116 Å². The maximum atomic E-state index is 13.1. The van der Waals surface area contributed by atoms with Crippen LogP contribution >= 0.6 is 11.8 Å². The molecule has 1 saturated heterocycles. The van der Waals surface area contributed by atoms with E-state index in [4.69, 9.17) is 0 Å². The van der Waals surface area contributed by atoms with Crippen molar-refractivity contribution in [2.24, 2.45) is 0 Å². The summed E-state index contributed by atoms with van der Waals surface area (Å²) in [5.74, 6) is -1.40. The molecule has 2 rings (SSSR count). The number of carbonyl (C=O) groups excluding carboxylic acids is 1. The summed E-state index contributed by atoms with van der Waals surface area (Å²) < 4.78 is 50.7. The summed E-state index contributed by atoms with van der Waals surface area (Å²) in [5.41, 5.74) is -3.24. The highest BCUT2D eigenvalue weighted by atomic mass is 32.2. The average Bonchev–Trinajstić information content (AvgIpc) is 2.78. The summed E-state index contributed by atoms with van der Waals surface area (Å²) >= 11 is 1.38. The molecule has 0 saturated carbocycles. The number of alkyl halides is 3. The monoisotopic (exact) mass is 309 g/mol. The highest BCUT2D eigenvalue weighted by Crippen LogP contribution is 2.34. The highest BCUT2D eigenvalue weighted by Gasteiger charge is 2.40. The van der Waals surface area contributed by atoms with Gasteiger partial charge in [0, 0.05) is 11.4 Å². The maximum Gasteiger partial charge on any atom is 0.419 e. The molecule has 0 aromatic heterocycles. The van der Waals surface area contributed by atoms with Gasteiger partial charge in [-0.2, -0.15) is 24.9 Å². The van der Waals surface area contributed by atoms with Gasteiger partial charge in [0.15, 0.2) is 5.60 Å². The second-order valence-electron chi connectivity index (χ2n) is 4.48. The van der Waals surface area contributed by atoms with Crippen molar-refractivity contribution in [1.29, 1.82) is 0 Å². The average molecular weight is 309 g/mol. The number of benzene rings is 1. The van der Waals surface area contributed by atoms with Gasteiger partial charge in [-0.15, -0.1) is 0 Å². The third kappa shape index (κ3) is 3.06. The quantitative estimate of drug-likeness (QED) is 0.826. The second-order valence-corrected chi connectivity index (χ2v) is 5.59. The first-order valence-electron chi connectivity index (χ1n) is 5.71. The van der Waals surface area contributed by atoms with Gasteiger partial charge in [-0.3, -0.25) is 4.79 Å². The van der Waals surface area contributed by atoms with E-state index in [2.05, 4.69) is 5.32 Å². The van der Waals surface area contributed by atoms with Gasteiger partial charge in [0.2, 0.25) is 0 Å². The minimum atomic E-state index is -4.84. The normalized spacial score (nSPS) is 22.9. The first kappa shape index (κ1) is 15.1. The summed E-state index contributed by atoms with van der Waals surface area (Å²) in [6.07, 6.45) is -4.61. The molecule has 1 amide bonds. The van der Waals surface area contributed by atoms with Crippen LogP contribution in [0, 0.1) is 5.82 Å². The van der Waals surface area contributed by atoms with E-state index in [9.17, 15) is 27.5 Å². The van der Waals surface area contributed by atoms with E-state index in [1.165, 1.54) is 11.8 Å². The Kier molecular flexibility index (Phi) is 3.97. The van der Waals surface area contributed by atoms with Crippen molar-refractivity contribution < 1.29 is 27.5 Å². The lowest BCUT2D eigenvalue weighted by Crippen LogP contribution is -2.42. The van der Waals surface area contributed by atoms with Gasteiger partial charge in [-0.1, -0.05) is 0 Å². The molecule has 20 heavy (non-hydrogen) atoms. The summed E-state index contributed by atoms with van der Waals surface area (Å²) in [6.45, 7) is 0. The van der Waals surface area contributed by atoms with Crippen LogP contribution in [0.5, 0.6) is 0 Å². The predicted molar refractivity (Wildman–Crippen MR) is 66.9 cm³/mol. The molecule has 1 unspecified atom stereocenters. The summed E-state index contributed by atoms with van der Waals surface area (Å²) in [5, 5.41) is 12.2. The maximum absolute atomic E-state index is 13.1. The number of hydrogen-bond donors (Lipinski definition) is 2. The Bertz CT molecular complexity index is 527. The van der Waals surface area contributed by atoms with Crippen molar-refractivity contribution in [3.8, 4) is 0 Å². The number of halogens is 4. The minimum Gasteiger partial charge on any atom is -0.379 e. The van der Waals surface area contributed by atoms with Crippen LogP contribution in [0.3, 0.4) is 0 Å². The van der Waals surface area contributed by atoms with Crippen molar-refractivity contribution in [1.82, 2.24) is 0 Å². The summed E-state index contributed by atoms with van der Waals surface area (Å²) in [4.78, 5) is 11.8. The van der Waals surface area contributed by atoms with Gasteiger partial charge in [-0.25, -0.2) is 4.39 Å². The number of rotatable bonds is 2. The molecule has 1 aliphatic rings. The molecule has 0 aliphatic carbocycles. The van der Waals surface area contributed by atoms with Crippen LogP contribution in [0.15, 0.2) is 18.2 Å². The largest absolute Gasteiger partial charge is 0.419 e. The molecule has 3 nitrogen and oxygen atoms in total. The Morgan fingerprint density at radius 3 is 2.65 bits per heavy atom.